The minimum atomic E-state index is 0.0748. The summed E-state index contributed by atoms with van der Waals surface area (Å²) in [4.78, 5) is 16.8. The van der Waals surface area contributed by atoms with Crippen LogP contribution in [0.5, 0.6) is 0 Å². The van der Waals surface area contributed by atoms with Crippen LogP contribution in [-0.4, -0.2) is 38.4 Å². The van der Waals surface area contributed by atoms with Gasteiger partial charge in [-0.1, -0.05) is 42.1 Å². The van der Waals surface area contributed by atoms with Gasteiger partial charge < -0.3 is 4.90 Å². The molecule has 0 bridgehead atoms. The van der Waals surface area contributed by atoms with Gasteiger partial charge in [0.15, 0.2) is 5.16 Å². The summed E-state index contributed by atoms with van der Waals surface area (Å²) in [7, 11) is 1.84. The summed E-state index contributed by atoms with van der Waals surface area (Å²) in [5.41, 5.74) is 1.01. The summed E-state index contributed by atoms with van der Waals surface area (Å²) in [6.07, 6.45) is 0.715. The zero-order valence-electron chi connectivity index (χ0n) is 15.9. The second kappa shape index (κ2) is 9.39. The molecule has 8 heteroatoms. The summed E-state index contributed by atoms with van der Waals surface area (Å²) >= 11 is 4.80. The third kappa shape index (κ3) is 4.95. The Bertz CT molecular complexity index is 1040. The lowest BCUT2D eigenvalue weighted by Crippen LogP contribution is -2.27. The minimum absolute atomic E-state index is 0.0748. The van der Waals surface area contributed by atoms with E-state index in [9.17, 15) is 4.79 Å². The van der Waals surface area contributed by atoms with Gasteiger partial charge in [-0.3, -0.25) is 9.36 Å². The molecule has 0 saturated carbocycles. The third-order valence-electron chi connectivity index (χ3n) is 4.35. The maximum absolute atomic E-state index is 12.6. The fraction of sp³-hybridized carbons (Fsp3) is 0.190. The standard InChI is InChI=1S/C21H20N4OS3/c1-24(14-18-10-6-12-28-18)20(26)15-29-21-23-22-19(13-17-9-5-11-27-17)25(21)16-7-3-2-4-8-16/h2-12H,13-15H2,1H3. The predicted octanol–water partition coefficient (Wildman–Crippen LogP) is 4.73. The highest BCUT2D eigenvalue weighted by atomic mass is 32.2. The van der Waals surface area contributed by atoms with E-state index in [-0.39, 0.29) is 5.91 Å². The van der Waals surface area contributed by atoms with Crippen LogP contribution in [0.2, 0.25) is 0 Å². The van der Waals surface area contributed by atoms with Crippen molar-refractivity contribution in [2.45, 2.75) is 18.1 Å². The van der Waals surface area contributed by atoms with Crippen LogP contribution in [0.3, 0.4) is 0 Å². The summed E-state index contributed by atoms with van der Waals surface area (Å²) in [6, 6.07) is 18.3. The number of carbonyl (C=O) groups excluding carboxylic acids is 1. The summed E-state index contributed by atoms with van der Waals surface area (Å²) in [5.74, 6) is 1.28. The van der Waals surface area contributed by atoms with Gasteiger partial charge in [-0.05, 0) is 35.0 Å². The van der Waals surface area contributed by atoms with Crippen molar-refractivity contribution in [3.8, 4) is 5.69 Å². The molecule has 29 heavy (non-hydrogen) atoms. The molecular weight excluding hydrogens is 420 g/mol. The lowest BCUT2D eigenvalue weighted by atomic mass is 10.3. The molecule has 1 aromatic carbocycles. The average Bonchev–Trinajstić information content (AvgIpc) is 3.50. The van der Waals surface area contributed by atoms with Crippen molar-refractivity contribution in [2.24, 2.45) is 0 Å². The van der Waals surface area contributed by atoms with Crippen LogP contribution in [0.1, 0.15) is 15.6 Å². The Morgan fingerprint density at radius 3 is 2.41 bits per heavy atom. The predicted molar refractivity (Wildman–Crippen MR) is 120 cm³/mol. The van der Waals surface area contributed by atoms with Gasteiger partial charge in [0.05, 0.1) is 12.3 Å². The lowest BCUT2D eigenvalue weighted by molar-refractivity contribution is -0.127. The van der Waals surface area contributed by atoms with E-state index in [0.717, 1.165) is 16.7 Å². The van der Waals surface area contributed by atoms with Crippen molar-refractivity contribution in [2.75, 3.05) is 12.8 Å². The fourth-order valence-electron chi connectivity index (χ4n) is 2.87. The van der Waals surface area contributed by atoms with Gasteiger partial charge in [-0.15, -0.1) is 32.9 Å². The zero-order valence-corrected chi connectivity index (χ0v) is 18.3. The van der Waals surface area contributed by atoms with Crippen LogP contribution in [0.4, 0.5) is 0 Å². The molecule has 0 unspecified atom stereocenters. The van der Waals surface area contributed by atoms with Crippen LogP contribution < -0.4 is 0 Å². The van der Waals surface area contributed by atoms with Crippen molar-refractivity contribution in [1.29, 1.82) is 0 Å². The van der Waals surface area contributed by atoms with Gasteiger partial charge in [0.25, 0.3) is 0 Å². The van der Waals surface area contributed by atoms with Crippen LogP contribution >= 0.6 is 34.4 Å². The van der Waals surface area contributed by atoms with E-state index < -0.39 is 0 Å². The number of carbonyl (C=O) groups is 1. The second-order valence-corrected chi connectivity index (χ2v) is 9.45. The van der Waals surface area contributed by atoms with Crippen LogP contribution in [-0.2, 0) is 17.8 Å². The third-order valence-corrected chi connectivity index (χ3v) is 7.00. The largest absolute Gasteiger partial charge is 0.340 e. The first-order valence-electron chi connectivity index (χ1n) is 9.12. The van der Waals surface area contributed by atoms with E-state index in [2.05, 4.69) is 26.2 Å². The molecule has 0 N–H and O–H groups in total. The van der Waals surface area contributed by atoms with E-state index in [0.29, 0.717) is 18.7 Å². The smallest absolute Gasteiger partial charge is 0.233 e. The summed E-state index contributed by atoms with van der Waals surface area (Å²) < 4.78 is 2.05. The van der Waals surface area contributed by atoms with Crippen LogP contribution in [0.25, 0.3) is 5.69 Å². The molecule has 4 rings (SSSR count). The number of thiophene rings is 2. The van der Waals surface area contributed by atoms with Crippen molar-refractivity contribution >= 4 is 40.3 Å². The molecule has 0 spiro atoms. The molecule has 0 fully saturated rings. The van der Waals surface area contributed by atoms with Crippen molar-refractivity contribution < 1.29 is 4.79 Å². The number of rotatable bonds is 8. The number of thioether (sulfide) groups is 1. The van der Waals surface area contributed by atoms with E-state index in [1.54, 1.807) is 27.6 Å². The molecule has 0 aliphatic heterocycles. The number of aromatic nitrogens is 3. The lowest BCUT2D eigenvalue weighted by Gasteiger charge is -2.16. The number of hydrogen-bond acceptors (Lipinski definition) is 6. The normalized spacial score (nSPS) is 10.9. The van der Waals surface area contributed by atoms with Crippen molar-refractivity contribution in [3.05, 3.63) is 80.9 Å². The molecule has 3 heterocycles. The first-order valence-corrected chi connectivity index (χ1v) is 11.9. The molecule has 1 amide bonds. The van der Waals surface area contributed by atoms with Gasteiger partial charge in [-0.2, -0.15) is 0 Å². The van der Waals surface area contributed by atoms with Crippen molar-refractivity contribution in [3.63, 3.8) is 0 Å². The highest BCUT2D eigenvalue weighted by Crippen LogP contribution is 2.25. The first kappa shape index (κ1) is 19.9. The molecule has 0 aliphatic carbocycles. The van der Waals surface area contributed by atoms with Gasteiger partial charge in [-0.25, -0.2) is 0 Å². The minimum Gasteiger partial charge on any atom is -0.340 e. The van der Waals surface area contributed by atoms with Gasteiger partial charge in [0, 0.05) is 28.9 Å². The van der Waals surface area contributed by atoms with Gasteiger partial charge >= 0.3 is 0 Å². The number of hydrogen-bond donors (Lipinski definition) is 0. The Hall–Kier alpha value is -2.42. The summed E-state index contributed by atoms with van der Waals surface area (Å²) in [5, 5.41) is 13.6. The fourth-order valence-corrected chi connectivity index (χ4v) is 5.24. The molecule has 148 valence electrons. The Labute approximate surface area is 182 Å². The number of para-hydroxylation sites is 1. The van der Waals surface area contributed by atoms with E-state index >= 15 is 0 Å². The first-order chi connectivity index (χ1) is 14.2. The second-order valence-electron chi connectivity index (χ2n) is 6.44. The zero-order chi connectivity index (χ0) is 20.1. The van der Waals surface area contributed by atoms with Gasteiger partial charge in [0.2, 0.25) is 5.91 Å². The SMILES string of the molecule is CN(Cc1cccs1)C(=O)CSc1nnc(Cc2cccs2)n1-c1ccccc1. The maximum Gasteiger partial charge on any atom is 0.233 e. The van der Waals surface area contributed by atoms with E-state index in [4.69, 9.17) is 0 Å². The van der Waals surface area contributed by atoms with Crippen LogP contribution in [0.15, 0.2) is 70.5 Å². The summed E-state index contributed by atoms with van der Waals surface area (Å²) in [6.45, 7) is 0.631. The van der Waals surface area contributed by atoms with E-state index in [1.165, 1.54) is 21.5 Å². The maximum atomic E-state index is 12.6. The van der Waals surface area contributed by atoms with Crippen molar-refractivity contribution in [1.82, 2.24) is 19.7 Å². The molecule has 3 aromatic heterocycles. The molecule has 0 aliphatic rings. The highest BCUT2D eigenvalue weighted by Gasteiger charge is 2.18. The molecule has 4 aromatic rings. The molecular formula is C21H20N4OS3. The Morgan fingerprint density at radius 2 is 1.72 bits per heavy atom. The number of amides is 1. The molecule has 5 nitrogen and oxygen atoms in total. The number of benzene rings is 1. The monoisotopic (exact) mass is 440 g/mol. The molecule has 0 radical (unpaired) electrons. The Morgan fingerprint density at radius 1 is 1.00 bits per heavy atom. The van der Waals surface area contributed by atoms with E-state index in [1.807, 2.05) is 61.0 Å². The Balaban J connectivity index is 1.50. The molecule has 0 atom stereocenters. The van der Waals surface area contributed by atoms with Gasteiger partial charge in [0.1, 0.15) is 5.82 Å². The van der Waals surface area contributed by atoms with Crippen LogP contribution in [0, 0.1) is 0 Å². The quantitative estimate of drug-likeness (QED) is 0.372. The topological polar surface area (TPSA) is 51.0 Å². The molecule has 0 saturated heterocycles. The highest BCUT2D eigenvalue weighted by molar-refractivity contribution is 7.99. The number of nitrogens with zero attached hydrogens (tertiary/aromatic N) is 4. The Kier molecular flexibility index (Phi) is 6.43. The average molecular weight is 441 g/mol.